The molecule has 0 spiro atoms. The summed E-state index contributed by atoms with van der Waals surface area (Å²) in [6.07, 6.45) is -6.55. The third-order valence-electron chi connectivity index (χ3n) is 3.16. The maximum atomic E-state index is 9.86. The van der Waals surface area contributed by atoms with Gasteiger partial charge in [-0.15, -0.1) is 0 Å². The van der Waals surface area contributed by atoms with E-state index in [2.05, 4.69) is 0 Å². The summed E-state index contributed by atoms with van der Waals surface area (Å²) < 4.78 is 15.8. The smallest absolute Gasteiger partial charge is 0.229 e. The minimum Gasteiger partial charge on any atom is -0.493 e. The van der Waals surface area contributed by atoms with Crippen molar-refractivity contribution in [3.8, 4) is 11.5 Å². The Hall–Kier alpha value is -1.38. The second kappa shape index (κ2) is 6.38. The molecule has 0 radical (unpaired) electrons. The zero-order chi connectivity index (χ0) is 14.7. The van der Waals surface area contributed by atoms with E-state index in [1.54, 1.807) is 24.3 Å². The van der Waals surface area contributed by atoms with E-state index >= 15 is 0 Å². The minimum atomic E-state index is -1.47. The fourth-order valence-electron chi connectivity index (χ4n) is 2.01. The number of methoxy groups -OCH3 is 1. The number of aliphatic hydroxyl groups is 4. The third kappa shape index (κ3) is 2.87. The molecule has 1 aliphatic heterocycles. The molecule has 7 heteroatoms. The van der Waals surface area contributed by atoms with Crippen LogP contribution >= 0.6 is 0 Å². The van der Waals surface area contributed by atoms with Crippen molar-refractivity contribution in [1.29, 1.82) is 0 Å². The lowest BCUT2D eigenvalue weighted by atomic mass is 9.99. The fraction of sp³-hybridized carbons (Fsp3) is 0.538. The summed E-state index contributed by atoms with van der Waals surface area (Å²) in [5.74, 6) is 0.754. The molecule has 0 saturated carbocycles. The average molecular weight is 286 g/mol. The van der Waals surface area contributed by atoms with E-state index in [0.29, 0.717) is 11.5 Å². The van der Waals surface area contributed by atoms with E-state index in [-0.39, 0.29) is 0 Å². The molecule has 112 valence electrons. The standard InChI is InChI=1S/C13H18O7/c1-18-7-4-2-3-5-8(7)19-13-12(17)11(16)10(15)9(6-14)20-13/h2-5,9-17H,6H2,1H3/t9-,10+,11+,12+,13-/m0/s1. The first-order valence-electron chi connectivity index (χ1n) is 6.18. The van der Waals surface area contributed by atoms with Crippen LogP contribution in [0.5, 0.6) is 11.5 Å². The Labute approximate surface area is 115 Å². The van der Waals surface area contributed by atoms with Crippen molar-refractivity contribution in [1.82, 2.24) is 0 Å². The molecule has 5 atom stereocenters. The van der Waals surface area contributed by atoms with Gasteiger partial charge in [0.2, 0.25) is 6.29 Å². The van der Waals surface area contributed by atoms with Crippen molar-refractivity contribution in [2.24, 2.45) is 0 Å². The van der Waals surface area contributed by atoms with Crippen molar-refractivity contribution >= 4 is 0 Å². The van der Waals surface area contributed by atoms with E-state index in [0.717, 1.165) is 0 Å². The molecule has 1 aromatic carbocycles. The van der Waals surface area contributed by atoms with Crippen LogP contribution in [0.1, 0.15) is 0 Å². The van der Waals surface area contributed by atoms with Crippen LogP contribution in [-0.2, 0) is 4.74 Å². The molecule has 2 rings (SSSR count). The van der Waals surface area contributed by atoms with Crippen molar-refractivity contribution in [3.63, 3.8) is 0 Å². The van der Waals surface area contributed by atoms with Crippen LogP contribution in [0.2, 0.25) is 0 Å². The maximum absolute atomic E-state index is 9.86. The number of aliphatic hydroxyl groups excluding tert-OH is 4. The van der Waals surface area contributed by atoms with Gasteiger partial charge in [0.25, 0.3) is 0 Å². The molecular weight excluding hydrogens is 268 g/mol. The highest BCUT2D eigenvalue weighted by Crippen LogP contribution is 2.30. The van der Waals surface area contributed by atoms with Crippen LogP contribution in [0.4, 0.5) is 0 Å². The number of benzene rings is 1. The second-order valence-corrected chi connectivity index (χ2v) is 4.47. The Balaban J connectivity index is 2.15. The summed E-state index contributed by atoms with van der Waals surface area (Å²) in [6.45, 7) is -0.503. The molecule has 4 N–H and O–H groups in total. The molecule has 1 aliphatic rings. The topological polar surface area (TPSA) is 109 Å². The van der Waals surface area contributed by atoms with Gasteiger partial charge >= 0.3 is 0 Å². The van der Waals surface area contributed by atoms with Gasteiger partial charge in [0.1, 0.15) is 24.4 Å². The zero-order valence-corrected chi connectivity index (χ0v) is 10.9. The van der Waals surface area contributed by atoms with Crippen molar-refractivity contribution in [3.05, 3.63) is 24.3 Å². The van der Waals surface area contributed by atoms with Gasteiger partial charge in [0.15, 0.2) is 11.5 Å². The van der Waals surface area contributed by atoms with E-state index < -0.39 is 37.3 Å². The molecule has 1 saturated heterocycles. The summed E-state index contributed by atoms with van der Waals surface area (Å²) in [5.41, 5.74) is 0. The molecule has 1 fully saturated rings. The van der Waals surface area contributed by atoms with Gasteiger partial charge in [0, 0.05) is 0 Å². The monoisotopic (exact) mass is 286 g/mol. The first-order chi connectivity index (χ1) is 9.58. The van der Waals surface area contributed by atoms with E-state index in [9.17, 15) is 15.3 Å². The van der Waals surface area contributed by atoms with Crippen LogP contribution in [0, 0.1) is 0 Å². The van der Waals surface area contributed by atoms with E-state index in [1.165, 1.54) is 7.11 Å². The van der Waals surface area contributed by atoms with Gasteiger partial charge in [-0.25, -0.2) is 0 Å². The first kappa shape index (κ1) is 15.0. The normalized spacial score (nSPS) is 33.8. The van der Waals surface area contributed by atoms with Gasteiger partial charge in [-0.2, -0.15) is 0 Å². The number of hydrogen-bond acceptors (Lipinski definition) is 7. The summed E-state index contributed by atoms with van der Waals surface area (Å²) in [6, 6.07) is 6.74. The van der Waals surface area contributed by atoms with Gasteiger partial charge in [-0.05, 0) is 12.1 Å². The Morgan fingerprint density at radius 1 is 1.05 bits per heavy atom. The first-order valence-corrected chi connectivity index (χ1v) is 6.18. The van der Waals surface area contributed by atoms with Crippen molar-refractivity contribution in [2.75, 3.05) is 13.7 Å². The zero-order valence-electron chi connectivity index (χ0n) is 10.9. The van der Waals surface area contributed by atoms with Crippen molar-refractivity contribution < 1.29 is 34.6 Å². The molecule has 1 heterocycles. The third-order valence-corrected chi connectivity index (χ3v) is 3.16. The molecule has 0 aromatic heterocycles. The molecule has 0 aliphatic carbocycles. The van der Waals surface area contributed by atoms with Crippen LogP contribution in [0.15, 0.2) is 24.3 Å². The SMILES string of the molecule is COc1ccccc1O[C@H]1O[C@@H](CO)[C@@H](O)[C@@H](O)[C@H]1O. The number of hydrogen-bond donors (Lipinski definition) is 4. The fourth-order valence-corrected chi connectivity index (χ4v) is 2.01. The highest BCUT2D eigenvalue weighted by molar-refractivity contribution is 5.39. The highest BCUT2D eigenvalue weighted by Gasteiger charge is 2.44. The van der Waals surface area contributed by atoms with Crippen LogP contribution in [-0.4, -0.2) is 64.8 Å². The Morgan fingerprint density at radius 3 is 2.30 bits per heavy atom. The van der Waals surface area contributed by atoms with Crippen molar-refractivity contribution in [2.45, 2.75) is 30.7 Å². The lowest BCUT2D eigenvalue weighted by Crippen LogP contribution is -2.60. The molecule has 0 unspecified atom stereocenters. The summed E-state index contributed by atoms with van der Waals surface area (Å²) in [4.78, 5) is 0. The maximum Gasteiger partial charge on any atom is 0.229 e. The number of rotatable bonds is 4. The summed E-state index contributed by atoms with van der Waals surface area (Å²) in [5, 5.41) is 38.3. The molecule has 0 amide bonds. The predicted molar refractivity (Wildman–Crippen MR) is 67.4 cm³/mol. The van der Waals surface area contributed by atoms with Gasteiger partial charge in [0.05, 0.1) is 13.7 Å². The average Bonchev–Trinajstić information content (AvgIpc) is 2.48. The van der Waals surface area contributed by atoms with Gasteiger partial charge in [-0.1, -0.05) is 12.1 Å². The quantitative estimate of drug-likeness (QED) is 0.555. The lowest BCUT2D eigenvalue weighted by Gasteiger charge is -2.39. The van der Waals surface area contributed by atoms with E-state index in [1.807, 2.05) is 0 Å². The second-order valence-electron chi connectivity index (χ2n) is 4.47. The van der Waals surface area contributed by atoms with Crippen LogP contribution in [0.3, 0.4) is 0 Å². The van der Waals surface area contributed by atoms with Crippen LogP contribution < -0.4 is 9.47 Å². The number of ether oxygens (including phenoxy) is 3. The summed E-state index contributed by atoms with van der Waals surface area (Å²) >= 11 is 0. The van der Waals surface area contributed by atoms with Gasteiger partial charge < -0.3 is 34.6 Å². The molecule has 7 nitrogen and oxygen atoms in total. The van der Waals surface area contributed by atoms with E-state index in [4.69, 9.17) is 19.3 Å². The molecular formula is C13H18O7. The Kier molecular flexibility index (Phi) is 4.79. The molecule has 1 aromatic rings. The Bertz CT molecular complexity index is 436. The minimum absolute atomic E-state index is 0.319. The largest absolute Gasteiger partial charge is 0.493 e. The van der Waals surface area contributed by atoms with Gasteiger partial charge in [-0.3, -0.25) is 0 Å². The summed E-state index contributed by atoms with van der Waals surface area (Å²) in [7, 11) is 1.47. The molecule has 0 bridgehead atoms. The predicted octanol–water partition coefficient (Wildman–Crippen LogP) is -1.13. The van der Waals surface area contributed by atoms with Crippen LogP contribution in [0.25, 0.3) is 0 Å². The number of para-hydroxylation sites is 2. The Morgan fingerprint density at radius 2 is 1.70 bits per heavy atom. The lowest BCUT2D eigenvalue weighted by molar-refractivity contribution is -0.277. The molecule has 20 heavy (non-hydrogen) atoms. The highest BCUT2D eigenvalue weighted by atomic mass is 16.7.